The van der Waals surface area contributed by atoms with Crippen LogP contribution in [0.3, 0.4) is 0 Å². The molecule has 0 spiro atoms. The molecule has 0 amide bonds. The number of nitrogens with zero attached hydrogens (tertiary/aromatic N) is 3. The van der Waals surface area contributed by atoms with Crippen LogP contribution in [0, 0.1) is 5.92 Å². The van der Waals surface area contributed by atoms with Crippen molar-refractivity contribution in [2.45, 2.75) is 25.6 Å². The topological polar surface area (TPSA) is 47.4 Å². The number of hydrogen-bond donors (Lipinski definition) is 0. The van der Waals surface area contributed by atoms with Gasteiger partial charge in [-0.1, -0.05) is 0 Å². The highest BCUT2D eigenvalue weighted by atomic mass is 19.4. The quantitative estimate of drug-likeness (QED) is 0.799. The molecule has 1 fully saturated rings. The van der Waals surface area contributed by atoms with Crippen molar-refractivity contribution in [3.63, 3.8) is 0 Å². The third-order valence-electron chi connectivity index (χ3n) is 4.79. The van der Waals surface area contributed by atoms with E-state index < -0.39 is 11.9 Å². The normalized spacial score (nSPS) is 16.4. The van der Waals surface area contributed by atoms with Gasteiger partial charge < -0.3 is 9.30 Å². The number of piperidine rings is 1. The number of pyridine rings is 2. The van der Waals surface area contributed by atoms with Crippen LogP contribution in [0.5, 0.6) is 5.75 Å². The van der Waals surface area contributed by atoms with Gasteiger partial charge in [-0.15, -0.1) is 0 Å². The lowest BCUT2D eigenvalue weighted by atomic mass is 9.97. The Morgan fingerprint density at radius 3 is 2.63 bits per heavy atom. The number of hydrogen-bond acceptors (Lipinski definition) is 4. The van der Waals surface area contributed by atoms with Crippen LogP contribution in [-0.4, -0.2) is 34.1 Å². The molecular weight excluding hydrogens is 359 g/mol. The number of likely N-dealkylation sites (tertiary alicyclic amines) is 1. The number of ether oxygens (including phenoxy) is 1. The van der Waals surface area contributed by atoms with Crippen molar-refractivity contribution < 1.29 is 17.9 Å². The van der Waals surface area contributed by atoms with Crippen LogP contribution in [0.15, 0.2) is 41.5 Å². The van der Waals surface area contributed by atoms with E-state index in [4.69, 9.17) is 4.74 Å². The molecule has 27 heavy (non-hydrogen) atoms. The fourth-order valence-electron chi connectivity index (χ4n) is 3.13. The molecule has 0 atom stereocenters. The first-order valence-corrected chi connectivity index (χ1v) is 8.85. The molecule has 0 aromatic carbocycles. The number of aromatic nitrogens is 2. The summed E-state index contributed by atoms with van der Waals surface area (Å²) < 4.78 is 45.2. The van der Waals surface area contributed by atoms with Crippen LogP contribution < -0.4 is 10.3 Å². The first-order chi connectivity index (χ1) is 12.8. The van der Waals surface area contributed by atoms with Gasteiger partial charge in [0.15, 0.2) is 0 Å². The molecule has 0 bridgehead atoms. The maximum absolute atomic E-state index is 12.7. The van der Waals surface area contributed by atoms with Crippen LogP contribution in [0.2, 0.25) is 0 Å². The van der Waals surface area contributed by atoms with Gasteiger partial charge in [-0.25, -0.2) is 0 Å². The summed E-state index contributed by atoms with van der Waals surface area (Å²) in [4.78, 5) is 17.3. The van der Waals surface area contributed by atoms with Crippen molar-refractivity contribution in [2.24, 2.45) is 13.0 Å². The van der Waals surface area contributed by atoms with Crippen LogP contribution in [0.4, 0.5) is 13.2 Å². The van der Waals surface area contributed by atoms with Crippen molar-refractivity contribution in [1.82, 2.24) is 14.5 Å². The number of halogens is 3. The Kier molecular flexibility index (Phi) is 5.84. The Hall–Kier alpha value is -2.35. The van der Waals surface area contributed by atoms with E-state index in [9.17, 15) is 18.0 Å². The van der Waals surface area contributed by atoms with Crippen LogP contribution >= 0.6 is 0 Å². The van der Waals surface area contributed by atoms with Gasteiger partial charge in [-0.3, -0.25) is 14.7 Å². The van der Waals surface area contributed by atoms with Gasteiger partial charge in [0.25, 0.3) is 5.56 Å². The highest BCUT2D eigenvalue weighted by Gasteiger charge is 2.32. The lowest BCUT2D eigenvalue weighted by Gasteiger charge is -2.31. The monoisotopic (exact) mass is 381 g/mol. The molecule has 0 unspecified atom stereocenters. The second-order valence-corrected chi connectivity index (χ2v) is 6.89. The highest BCUT2D eigenvalue weighted by molar-refractivity contribution is 5.24. The standard InChI is InChI=1S/C19H22F3N3O2/c1-24-7-3-15(10-18(24)26)12-25-8-4-14(5-9-25)13-27-16-2-6-23-17(11-16)19(20,21)22/h2-3,6-7,10-11,14H,4-5,8-9,12-13H2,1H3. The zero-order valence-corrected chi connectivity index (χ0v) is 15.1. The Balaban J connectivity index is 1.47. The maximum Gasteiger partial charge on any atom is 0.433 e. The molecular formula is C19H22F3N3O2. The summed E-state index contributed by atoms with van der Waals surface area (Å²) in [5, 5.41) is 0. The predicted octanol–water partition coefficient (Wildman–Crippen LogP) is 3.09. The third kappa shape index (κ3) is 5.32. The van der Waals surface area contributed by atoms with E-state index in [2.05, 4.69) is 9.88 Å². The van der Waals surface area contributed by atoms with E-state index in [1.54, 1.807) is 19.3 Å². The van der Waals surface area contributed by atoms with Gasteiger partial charge >= 0.3 is 6.18 Å². The highest BCUT2D eigenvalue weighted by Crippen LogP contribution is 2.30. The minimum absolute atomic E-state index is 0.0219. The Morgan fingerprint density at radius 1 is 1.22 bits per heavy atom. The molecule has 0 N–H and O–H groups in total. The van der Waals surface area contributed by atoms with Crippen LogP contribution in [0.1, 0.15) is 24.1 Å². The molecule has 146 valence electrons. The van der Waals surface area contributed by atoms with Crippen molar-refractivity contribution >= 4 is 0 Å². The zero-order chi connectivity index (χ0) is 19.4. The summed E-state index contributed by atoms with van der Waals surface area (Å²) >= 11 is 0. The summed E-state index contributed by atoms with van der Waals surface area (Å²) in [6, 6.07) is 5.97. The summed E-state index contributed by atoms with van der Waals surface area (Å²) in [5.74, 6) is 0.493. The van der Waals surface area contributed by atoms with E-state index >= 15 is 0 Å². The summed E-state index contributed by atoms with van der Waals surface area (Å²) in [6.07, 6.45) is 0.223. The number of aryl methyl sites for hydroxylation is 1. The molecule has 0 radical (unpaired) electrons. The Morgan fingerprint density at radius 2 is 1.96 bits per heavy atom. The molecule has 0 aliphatic carbocycles. The Labute approximate surface area is 155 Å². The summed E-state index contributed by atoms with van der Waals surface area (Å²) in [5.41, 5.74) is 0.0273. The molecule has 1 aliphatic heterocycles. The fourth-order valence-corrected chi connectivity index (χ4v) is 3.13. The molecule has 1 saturated heterocycles. The van der Waals surface area contributed by atoms with E-state index in [1.165, 1.54) is 10.6 Å². The molecule has 8 heteroatoms. The minimum atomic E-state index is -4.47. The molecule has 2 aromatic rings. The predicted molar refractivity (Wildman–Crippen MR) is 94.4 cm³/mol. The molecule has 2 aromatic heterocycles. The van der Waals surface area contributed by atoms with Crippen molar-refractivity contribution in [3.8, 4) is 5.75 Å². The van der Waals surface area contributed by atoms with E-state index in [0.717, 1.165) is 50.3 Å². The number of rotatable bonds is 5. The molecule has 3 heterocycles. The molecule has 1 aliphatic rings. The van der Waals surface area contributed by atoms with Gasteiger partial charge in [0, 0.05) is 38.1 Å². The first-order valence-electron chi connectivity index (χ1n) is 8.85. The van der Waals surface area contributed by atoms with Gasteiger partial charge in [-0.05, 0) is 49.5 Å². The average molecular weight is 381 g/mol. The van der Waals surface area contributed by atoms with E-state index in [-0.39, 0.29) is 11.3 Å². The number of alkyl halides is 3. The molecule has 0 saturated carbocycles. The van der Waals surface area contributed by atoms with Gasteiger partial charge in [0.1, 0.15) is 11.4 Å². The lowest BCUT2D eigenvalue weighted by molar-refractivity contribution is -0.141. The minimum Gasteiger partial charge on any atom is -0.493 e. The molecule has 5 nitrogen and oxygen atoms in total. The lowest BCUT2D eigenvalue weighted by Crippen LogP contribution is -2.35. The Bertz CT molecular complexity index is 827. The maximum atomic E-state index is 12.7. The zero-order valence-electron chi connectivity index (χ0n) is 15.1. The molecule has 3 rings (SSSR count). The van der Waals surface area contributed by atoms with E-state index in [1.807, 2.05) is 6.07 Å². The van der Waals surface area contributed by atoms with Crippen LogP contribution in [-0.2, 0) is 19.8 Å². The van der Waals surface area contributed by atoms with E-state index in [0.29, 0.717) is 12.5 Å². The summed E-state index contributed by atoms with van der Waals surface area (Å²) in [7, 11) is 1.72. The van der Waals surface area contributed by atoms with Crippen molar-refractivity contribution in [2.75, 3.05) is 19.7 Å². The van der Waals surface area contributed by atoms with Crippen molar-refractivity contribution in [1.29, 1.82) is 0 Å². The van der Waals surface area contributed by atoms with Gasteiger partial charge in [0.2, 0.25) is 0 Å². The average Bonchev–Trinajstić information content (AvgIpc) is 2.64. The largest absolute Gasteiger partial charge is 0.493 e. The van der Waals surface area contributed by atoms with Gasteiger partial charge in [0.05, 0.1) is 6.61 Å². The van der Waals surface area contributed by atoms with Crippen molar-refractivity contribution in [3.05, 3.63) is 58.3 Å². The third-order valence-corrected chi connectivity index (χ3v) is 4.79. The summed E-state index contributed by atoms with van der Waals surface area (Å²) in [6.45, 7) is 2.85. The van der Waals surface area contributed by atoms with Gasteiger partial charge in [-0.2, -0.15) is 13.2 Å². The second kappa shape index (κ2) is 8.12. The smallest absolute Gasteiger partial charge is 0.433 e. The second-order valence-electron chi connectivity index (χ2n) is 6.89. The van der Waals surface area contributed by atoms with Crippen LogP contribution in [0.25, 0.3) is 0 Å². The SMILES string of the molecule is Cn1ccc(CN2CCC(COc3ccnc(C(F)(F)F)c3)CC2)cc1=O. The first kappa shape index (κ1) is 19.4. The fraction of sp³-hybridized carbons (Fsp3) is 0.474.